The zero-order chi connectivity index (χ0) is 13.0. The lowest BCUT2D eigenvalue weighted by Gasteiger charge is -2.13. The van der Waals surface area contributed by atoms with Crippen molar-refractivity contribution in [3.05, 3.63) is 68.8 Å². The molecule has 0 saturated heterocycles. The second kappa shape index (κ2) is 6.34. The van der Waals surface area contributed by atoms with Gasteiger partial charge in [0.15, 0.2) is 0 Å². The molecule has 18 heavy (non-hydrogen) atoms. The number of halogens is 1. The van der Waals surface area contributed by atoms with Gasteiger partial charge < -0.3 is 5.11 Å². The average molecular weight is 352 g/mol. The van der Waals surface area contributed by atoms with Gasteiger partial charge in [0.1, 0.15) is 0 Å². The van der Waals surface area contributed by atoms with E-state index in [0.717, 1.165) is 15.6 Å². The van der Waals surface area contributed by atoms with Crippen LogP contribution in [0, 0.1) is 3.57 Å². The first-order chi connectivity index (χ1) is 8.70. The van der Waals surface area contributed by atoms with Crippen LogP contribution in [-0.2, 0) is 12.8 Å². The van der Waals surface area contributed by atoms with E-state index in [9.17, 15) is 5.11 Å². The molecule has 0 aliphatic heterocycles. The minimum Gasteiger partial charge on any atom is -0.388 e. The number of benzene rings is 2. The van der Waals surface area contributed by atoms with E-state index in [0.29, 0.717) is 6.42 Å². The highest BCUT2D eigenvalue weighted by molar-refractivity contribution is 14.1. The molecule has 0 aliphatic carbocycles. The number of aliphatic hydroxyl groups excluding tert-OH is 1. The van der Waals surface area contributed by atoms with Crippen LogP contribution in [0.2, 0.25) is 0 Å². The first-order valence-corrected chi connectivity index (χ1v) is 7.29. The number of hydrogen-bond acceptors (Lipinski definition) is 1. The number of aliphatic hydroxyl groups is 1. The molecular weight excluding hydrogens is 335 g/mol. The fourth-order valence-corrected chi connectivity index (χ4v) is 2.74. The number of hydrogen-bond donors (Lipinski definition) is 1. The first-order valence-electron chi connectivity index (χ1n) is 6.21. The lowest BCUT2D eigenvalue weighted by Crippen LogP contribution is -2.03. The van der Waals surface area contributed by atoms with Gasteiger partial charge in [-0.2, -0.15) is 0 Å². The summed E-state index contributed by atoms with van der Waals surface area (Å²) in [5.41, 5.74) is 3.53. The Morgan fingerprint density at radius 2 is 1.61 bits per heavy atom. The van der Waals surface area contributed by atoms with Crippen LogP contribution < -0.4 is 0 Å². The lowest BCUT2D eigenvalue weighted by molar-refractivity contribution is 0.177. The molecule has 0 heterocycles. The second-order valence-corrected chi connectivity index (χ2v) is 5.57. The molecule has 1 unspecified atom stereocenters. The fourth-order valence-electron chi connectivity index (χ4n) is 1.99. The van der Waals surface area contributed by atoms with Crippen LogP contribution in [0.15, 0.2) is 48.5 Å². The summed E-state index contributed by atoms with van der Waals surface area (Å²) in [6, 6.07) is 16.5. The van der Waals surface area contributed by atoms with Crippen LogP contribution in [0.25, 0.3) is 0 Å². The predicted octanol–water partition coefficient (Wildman–Crippen LogP) is 4.13. The summed E-state index contributed by atoms with van der Waals surface area (Å²) in [6.45, 7) is 2.15. The van der Waals surface area contributed by atoms with Crippen molar-refractivity contribution in [2.24, 2.45) is 0 Å². The molecule has 2 aromatic rings. The highest BCUT2D eigenvalue weighted by atomic mass is 127. The smallest absolute Gasteiger partial charge is 0.0840 e. The molecule has 0 radical (unpaired) electrons. The maximum Gasteiger partial charge on any atom is 0.0840 e. The van der Waals surface area contributed by atoms with Gasteiger partial charge in [-0.05, 0) is 51.8 Å². The Labute approximate surface area is 122 Å². The topological polar surface area (TPSA) is 20.2 Å². The summed E-state index contributed by atoms with van der Waals surface area (Å²) in [5, 5.41) is 10.3. The van der Waals surface area contributed by atoms with Gasteiger partial charge in [0, 0.05) is 9.99 Å². The van der Waals surface area contributed by atoms with Gasteiger partial charge in [-0.1, -0.05) is 49.4 Å². The van der Waals surface area contributed by atoms with Gasteiger partial charge in [-0.15, -0.1) is 0 Å². The third kappa shape index (κ3) is 3.33. The van der Waals surface area contributed by atoms with Crippen LogP contribution in [0.4, 0.5) is 0 Å². The molecule has 0 aromatic heterocycles. The quantitative estimate of drug-likeness (QED) is 0.821. The van der Waals surface area contributed by atoms with E-state index >= 15 is 0 Å². The normalized spacial score (nSPS) is 12.4. The molecular formula is C16H17IO. The highest BCUT2D eigenvalue weighted by Gasteiger charge is 2.11. The number of aryl methyl sites for hydroxylation is 1. The van der Waals surface area contributed by atoms with Gasteiger partial charge in [-0.25, -0.2) is 0 Å². The standard InChI is InChI=1S/C16H17IO/c1-2-12-7-9-13(10-8-12)11-16(18)14-5-3-4-6-15(14)17/h3-10,16,18H,2,11H2,1H3. The van der Waals surface area contributed by atoms with Crippen molar-refractivity contribution >= 4 is 22.6 Å². The van der Waals surface area contributed by atoms with Crippen molar-refractivity contribution in [3.63, 3.8) is 0 Å². The minimum absolute atomic E-state index is 0.425. The molecule has 1 nitrogen and oxygen atoms in total. The second-order valence-electron chi connectivity index (χ2n) is 4.41. The van der Waals surface area contributed by atoms with E-state index in [2.05, 4.69) is 53.8 Å². The molecule has 1 N–H and O–H groups in total. The van der Waals surface area contributed by atoms with Crippen molar-refractivity contribution in [1.29, 1.82) is 0 Å². The van der Waals surface area contributed by atoms with E-state index in [1.165, 1.54) is 11.1 Å². The Hall–Kier alpha value is -0.870. The Bertz CT molecular complexity index is 505. The third-order valence-electron chi connectivity index (χ3n) is 3.12. The van der Waals surface area contributed by atoms with Crippen molar-refractivity contribution in [2.75, 3.05) is 0 Å². The SMILES string of the molecule is CCc1ccc(CC(O)c2ccccc2I)cc1. The lowest BCUT2D eigenvalue weighted by atomic mass is 10.0. The Morgan fingerprint density at radius 1 is 1.00 bits per heavy atom. The van der Waals surface area contributed by atoms with Crippen molar-refractivity contribution < 1.29 is 5.11 Å². The summed E-state index contributed by atoms with van der Waals surface area (Å²) >= 11 is 2.27. The molecule has 0 aliphatic rings. The molecule has 0 saturated carbocycles. The van der Waals surface area contributed by atoms with Gasteiger partial charge in [0.25, 0.3) is 0 Å². The van der Waals surface area contributed by atoms with E-state index in [4.69, 9.17) is 0 Å². The summed E-state index contributed by atoms with van der Waals surface area (Å²) in [5.74, 6) is 0. The first kappa shape index (κ1) is 13.6. The molecule has 2 aromatic carbocycles. The molecule has 0 spiro atoms. The number of rotatable bonds is 4. The van der Waals surface area contributed by atoms with Crippen molar-refractivity contribution in [1.82, 2.24) is 0 Å². The third-order valence-corrected chi connectivity index (χ3v) is 4.11. The van der Waals surface area contributed by atoms with E-state index < -0.39 is 6.10 Å². The van der Waals surface area contributed by atoms with Crippen LogP contribution in [0.3, 0.4) is 0 Å². The van der Waals surface area contributed by atoms with E-state index in [1.54, 1.807) is 0 Å². The Balaban J connectivity index is 2.11. The van der Waals surface area contributed by atoms with Gasteiger partial charge in [0.05, 0.1) is 6.10 Å². The molecule has 2 heteroatoms. The maximum atomic E-state index is 10.3. The van der Waals surface area contributed by atoms with Crippen LogP contribution in [-0.4, -0.2) is 5.11 Å². The van der Waals surface area contributed by atoms with Gasteiger partial charge in [0.2, 0.25) is 0 Å². The van der Waals surface area contributed by atoms with Gasteiger partial charge >= 0.3 is 0 Å². The van der Waals surface area contributed by atoms with Crippen LogP contribution in [0.5, 0.6) is 0 Å². The summed E-state index contributed by atoms with van der Waals surface area (Å²) in [6.07, 6.45) is 1.30. The summed E-state index contributed by atoms with van der Waals surface area (Å²) in [7, 11) is 0. The molecule has 1 atom stereocenters. The molecule has 0 bridgehead atoms. The monoisotopic (exact) mass is 352 g/mol. The summed E-state index contributed by atoms with van der Waals surface area (Å²) < 4.78 is 1.12. The molecule has 0 amide bonds. The molecule has 0 fully saturated rings. The van der Waals surface area contributed by atoms with Gasteiger partial charge in [-0.3, -0.25) is 0 Å². The highest BCUT2D eigenvalue weighted by Crippen LogP contribution is 2.23. The minimum atomic E-state index is -0.425. The average Bonchev–Trinajstić information content (AvgIpc) is 2.40. The zero-order valence-corrected chi connectivity index (χ0v) is 12.6. The van der Waals surface area contributed by atoms with Crippen LogP contribution >= 0.6 is 22.6 Å². The Kier molecular flexibility index (Phi) is 4.78. The van der Waals surface area contributed by atoms with Crippen LogP contribution in [0.1, 0.15) is 29.7 Å². The van der Waals surface area contributed by atoms with Crippen molar-refractivity contribution in [3.8, 4) is 0 Å². The molecule has 2 rings (SSSR count). The zero-order valence-electron chi connectivity index (χ0n) is 10.4. The summed E-state index contributed by atoms with van der Waals surface area (Å²) in [4.78, 5) is 0. The van der Waals surface area contributed by atoms with Crippen molar-refractivity contribution in [2.45, 2.75) is 25.9 Å². The van der Waals surface area contributed by atoms with E-state index in [1.807, 2.05) is 24.3 Å². The predicted molar refractivity (Wildman–Crippen MR) is 83.6 cm³/mol. The van der Waals surface area contributed by atoms with E-state index in [-0.39, 0.29) is 0 Å². The Morgan fingerprint density at radius 3 is 2.22 bits per heavy atom. The largest absolute Gasteiger partial charge is 0.388 e. The fraction of sp³-hybridized carbons (Fsp3) is 0.250. The maximum absolute atomic E-state index is 10.3. The molecule has 94 valence electrons.